The molecule has 6 heterocycles. The summed E-state index contributed by atoms with van der Waals surface area (Å²) in [4.78, 5) is 46.9. The Kier molecular flexibility index (Phi) is 12.5. The molecule has 1 saturated carbocycles. The van der Waals surface area contributed by atoms with Gasteiger partial charge in [0.2, 0.25) is 11.9 Å². The maximum absolute atomic E-state index is 14.0. The quantitative estimate of drug-likeness (QED) is 0.0908. The molecule has 1 fully saturated rings. The van der Waals surface area contributed by atoms with Gasteiger partial charge in [-0.15, -0.1) is 21.5 Å². The minimum absolute atomic E-state index is 0.0357. The number of imidazole rings is 1. The molecule has 14 nitrogen and oxygen atoms in total. The number of aryl methyl sites for hydroxylation is 3. The van der Waals surface area contributed by atoms with E-state index in [-0.39, 0.29) is 41.6 Å². The molecular weight excluding hydrogens is 889 g/mol. The summed E-state index contributed by atoms with van der Waals surface area (Å²) in [7, 11) is 0. The summed E-state index contributed by atoms with van der Waals surface area (Å²) < 4.78 is 47.5. The molecule has 0 saturated heterocycles. The third kappa shape index (κ3) is 9.20. The third-order valence-electron chi connectivity index (χ3n) is 12.2. The monoisotopic (exact) mass is 936 g/mol. The highest BCUT2D eigenvalue weighted by molar-refractivity contribution is 7.15. The van der Waals surface area contributed by atoms with Crippen molar-refractivity contribution < 1.29 is 22.8 Å². The van der Waals surface area contributed by atoms with Crippen molar-refractivity contribution >= 4 is 63.1 Å². The lowest BCUT2D eigenvalue weighted by Gasteiger charge is -2.17. The molecule has 19 heteroatoms. The van der Waals surface area contributed by atoms with E-state index in [4.69, 9.17) is 21.6 Å². The smallest absolute Gasteiger partial charge is 0.356 e. The summed E-state index contributed by atoms with van der Waals surface area (Å²) in [6.07, 6.45) is 6.12. The Hall–Kier alpha value is -6.40. The van der Waals surface area contributed by atoms with Crippen molar-refractivity contribution in [3.8, 4) is 10.7 Å². The van der Waals surface area contributed by atoms with Gasteiger partial charge in [0.05, 0.1) is 29.7 Å². The molecular formula is C47H48ClF3N12O2S. The molecule has 9 rings (SSSR count). The van der Waals surface area contributed by atoms with Crippen LogP contribution in [-0.4, -0.2) is 69.5 Å². The van der Waals surface area contributed by atoms with E-state index in [0.29, 0.717) is 59.2 Å². The maximum atomic E-state index is 14.0. The Bertz CT molecular complexity index is 2980. The van der Waals surface area contributed by atoms with Gasteiger partial charge in [0.15, 0.2) is 5.82 Å². The number of hydrogen-bond acceptors (Lipinski definition) is 10. The minimum Gasteiger partial charge on any atom is -0.356 e. The average molecular weight is 937 g/mol. The van der Waals surface area contributed by atoms with E-state index in [1.807, 2.05) is 40.3 Å². The van der Waals surface area contributed by atoms with Crippen molar-refractivity contribution in [3.05, 3.63) is 122 Å². The summed E-state index contributed by atoms with van der Waals surface area (Å²) in [5, 5.41) is 20.3. The number of hydrogen-bond donors (Lipinski definition) is 3. The van der Waals surface area contributed by atoms with E-state index < -0.39 is 17.8 Å². The fourth-order valence-corrected chi connectivity index (χ4v) is 10.1. The fourth-order valence-electron chi connectivity index (χ4n) is 8.79. The number of nitrogens with zero attached hydrogens (tertiary/aromatic N) is 9. The zero-order chi connectivity index (χ0) is 46.3. The van der Waals surface area contributed by atoms with Gasteiger partial charge in [-0.05, 0) is 102 Å². The fraction of sp³-hybridized carbons (Fsp3) is 0.362. The van der Waals surface area contributed by atoms with Crippen molar-refractivity contribution in [2.45, 2.75) is 97.3 Å². The normalized spacial score (nSPS) is 15.1. The number of carbonyl (C=O) groups excluding carboxylic acids is 2. The van der Waals surface area contributed by atoms with Crippen LogP contribution in [0.1, 0.15) is 118 Å². The van der Waals surface area contributed by atoms with Gasteiger partial charge in [-0.25, -0.2) is 9.97 Å². The molecule has 3 N–H and O–H groups in total. The van der Waals surface area contributed by atoms with E-state index in [1.165, 1.54) is 15.8 Å². The minimum atomic E-state index is -4.59. The number of unbranched alkanes of at least 4 members (excludes halogenated alkanes) is 2. The van der Waals surface area contributed by atoms with Gasteiger partial charge in [0, 0.05) is 69.3 Å². The lowest BCUT2D eigenvalue weighted by atomic mass is 9.99. The van der Waals surface area contributed by atoms with Crippen molar-refractivity contribution in [1.29, 1.82) is 0 Å². The predicted molar refractivity (Wildman–Crippen MR) is 249 cm³/mol. The Morgan fingerprint density at radius 2 is 1.68 bits per heavy atom. The molecule has 1 aliphatic carbocycles. The van der Waals surface area contributed by atoms with Crippen molar-refractivity contribution in [1.82, 2.24) is 49.5 Å². The van der Waals surface area contributed by atoms with Crippen LogP contribution < -0.4 is 16.0 Å². The molecule has 1 atom stereocenters. The van der Waals surface area contributed by atoms with Gasteiger partial charge in [-0.1, -0.05) is 36.6 Å². The first-order valence-electron chi connectivity index (χ1n) is 22.0. The van der Waals surface area contributed by atoms with Crippen LogP contribution in [0.3, 0.4) is 0 Å². The van der Waals surface area contributed by atoms with Gasteiger partial charge in [0.1, 0.15) is 28.2 Å². The van der Waals surface area contributed by atoms with E-state index in [0.717, 1.165) is 77.5 Å². The standard InChI is InChI=1S/C47H48ClF3N12O2S/c1-26-24-61(25-55-26)36-20-32(47(49,50)51)19-34(21-36)56-46-54-23-31-18-38(63(42(31)58-46)35-10-6-7-11-35)44(65)53-17-9-5-8-16-52-39(64)22-37-43-60-59-29(4)62(43)45-40(27(2)28(3)66-45)41(57-37)30-12-14-33(48)15-13-30/h12-15,18-21,23-25,35,37H,5-11,16-17,22H2,1-4H3,(H,52,64)(H,53,65)(H,54,56,58)/t37-/m0/s1. The molecule has 5 aromatic heterocycles. The number of thiophene rings is 1. The second kappa shape index (κ2) is 18.5. The first-order chi connectivity index (χ1) is 31.7. The maximum Gasteiger partial charge on any atom is 0.416 e. The molecule has 2 aliphatic rings. The van der Waals surface area contributed by atoms with Crippen LogP contribution in [0.2, 0.25) is 5.02 Å². The second-order valence-corrected chi connectivity index (χ2v) is 18.5. The molecule has 342 valence electrons. The molecule has 0 bridgehead atoms. The Labute approximate surface area is 387 Å². The summed E-state index contributed by atoms with van der Waals surface area (Å²) in [5.41, 5.74) is 5.07. The summed E-state index contributed by atoms with van der Waals surface area (Å²) in [6, 6.07) is 12.5. The number of carbonyl (C=O) groups is 2. The number of benzene rings is 2. The number of anilines is 2. The van der Waals surface area contributed by atoms with Gasteiger partial charge in [-0.3, -0.25) is 19.1 Å². The van der Waals surface area contributed by atoms with E-state index in [2.05, 4.69) is 50.0 Å². The number of nitrogens with one attached hydrogen (secondary N) is 3. The number of alkyl halides is 3. The highest BCUT2D eigenvalue weighted by atomic mass is 35.5. The van der Waals surface area contributed by atoms with Crippen molar-refractivity contribution in [2.75, 3.05) is 18.4 Å². The van der Waals surface area contributed by atoms with E-state index >= 15 is 0 Å². The lowest BCUT2D eigenvalue weighted by molar-refractivity contribution is -0.137. The molecule has 0 spiro atoms. The largest absolute Gasteiger partial charge is 0.416 e. The molecule has 0 radical (unpaired) electrons. The third-order valence-corrected chi connectivity index (χ3v) is 13.7. The number of fused-ring (bicyclic) bond motifs is 4. The topological polar surface area (TPSA) is 162 Å². The number of aliphatic imine (C=N–C) groups is 1. The number of halogens is 4. The predicted octanol–water partition coefficient (Wildman–Crippen LogP) is 10.0. The number of amides is 2. The molecule has 2 amide bonds. The zero-order valence-electron chi connectivity index (χ0n) is 36.8. The second-order valence-electron chi connectivity index (χ2n) is 16.9. The summed E-state index contributed by atoms with van der Waals surface area (Å²) >= 11 is 7.91. The van der Waals surface area contributed by atoms with Gasteiger partial charge >= 0.3 is 6.18 Å². The van der Waals surface area contributed by atoms with Crippen LogP contribution >= 0.6 is 22.9 Å². The molecule has 1 aliphatic heterocycles. The first-order valence-corrected chi connectivity index (χ1v) is 23.2. The van der Waals surface area contributed by atoms with Crippen LogP contribution in [-0.2, 0) is 11.0 Å². The summed E-state index contributed by atoms with van der Waals surface area (Å²) in [5.74, 6) is 1.05. The van der Waals surface area contributed by atoms with Crippen LogP contribution in [0.5, 0.6) is 0 Å². The summed E-state index contributed by atoms with van der Waals surface area (Å²) in [6.45, 7) is 8.73. The van der Waals surface area contributed by atoms with Gasteiger partial charge in [0.25, 0.3) is 5.91 Å². The van der Waals surface area contributed by atoms with E-state index in [1.54, 1.807) is 42.8 Å². The van der Waals surface area contributed by atoms with Gasteiger partial charge < -0.3 is 25.1 Å². The molecule has 66 heavy (non-hydrogen) atoms. The number of aromatic nitrogens is 8. The van der Waals surface area contributed by atoms with Crippen LogP contribution in [0.25, 0.3) is 21.7 Å². The number of rotatable bonds is 14. The van der Waals surface area contributed by atoms with Crippen LogP contribution in [0.15, 0.2) is 72.2 Å². The van der Waals surface area contributed by atoms with Gasteiger partial charge in [-0.2, -0.15) is 18.2 Å². The van der Waals surface area contributed by atoms with Crippen LogP contribution in [0, 0.1) is 27.7 Å². The average Bonchev–Trinajstić information content (AvgIpc) is 4.13. The Morgan fingerprint density at radius 3 is 2.41 bits per heavy atom. The van der Waals surface area contributed by atoms with Crippen LogP contribution in [0.4, 0.5) is 24.8 Å². The molecule has 2 aromatic carbocycles. The Morgan fingerprint density at radius 1 is 0.924 bits per heavy atom. The first kappa shape index (κ1) is 44.8. The van der Waals surface area contributed by atoms with Crippen molar-refractivity contribution in [2.24, 2.45) is 4.99 Å². The Balaban J connectivity index is 0.826. The SMILES string of the molecule is Cc1cn(-c2cc(Nc3ncc4cc(C(=O)NCCCCCNC(=O)C[C@@H]5N=C(c6ccc(Cl)cc6)c6c(sc(C)c6C)-n6c(C)nnc65)n(C5CCCC5)c4n3)cc(C(F)(F)F)c2)cn1. The van der Waals surface area contributed by atoms with E-state index in [9.17, 15) is 22.8 Å². The lowest BCUT2D eigenvalue weighted by Crippen LogP contribution is -2.28. The molecule has 7 aromatic rings. The highest BCUT2D eigenvalue weighted by Gasteiger charge is 2.34. The highest BCUT2D eigenvalue weighted by Crippen LogP contribution is 2.40. The van der Waals surface area contributed by atoms with Crippen molar-refractivity contribution in [3.63, 3.8) is 0 Å². The zero-order valence-corrected chi connectivity index (χ0v) is 38.4. The molecule has 0 unspecified atom stereocenters.